The molecule has 1 heterocycles. The van der Waals surface area contributed by atoms with Gasteiger partial charge in [-0.05, 0) is 36.5 Å². The number of carbonyl (C=O) groups is 2. The second-order valence-electron chi connectivity index (χ2n) is 5.85. The molecule has 0 bridgehead atoms. The van der Waals surface area contributed by atoms with Gasteiger partial charge < -0.3 is 16.0 Å². The van der Waals surface area contributed by atoms with Crippen LogP contribution in [-0.4, -0.2) is 24.5 Å². The maximum absolute atomic E-state index is 11.7. The maximum atomic E-state index is 11.7. The zero-order valence-corrected chi connectivity index (χ0v) is 12.1. The number of hydrogen-bond acceptors (Lipinski definition) is 2. The summed E-state index contributed by atoms with van der Waals surface area (Å²) in [6.07, 6.45) is 5.86. The van der Waals surface area contributed by atoms with E-state index < -0.39 is 0 Å². The molecule has 1 saturated carbocycles. The topological polar surface area (TPSA) is 70.2 Å². The number of urea groups is 1. The van der Waals surface area contributed by atoms with Gasteiger partial charge in [0.2, 0.25) is 5.91 Å². The molecule has 0 aromatic heterocycles. The Labute approximate surface area is 124 Å². The summed E-state index contributed by atoms with van der Waals surface area (Å²) in [5, 5.41) is 8.73. The molecule has 0 radical (unpaired) electrons. The lowest BCUT2D eigenvalue weighted by Gasteiger charge is -2.13. The van der Waals surface area contributed by atoms with Gasteiger partial charge in [0.1, 0.15) is 0 Å². The molecule has 0 saturated heterocycles. The van der Waals surface area contributed by atoms with E-state index >= 15 is 0 Å². The molecule has 1 aliphatic heterocycles. The molecule has 0 spiro atoms. The molecule has 5 nitrogen and oxygen atoms in total. The highest BCUT2D eigenvalue weighted by molar-refractivity contribution is 5.99. The maximum Gasteiger partial charge on any atom is 0.315 e. The zero-order chi connectivity index (χ0) is 14.7. The first-order chi connectivity index (χ1) is 10.2. The Morgan fingerprint density at radius 3 is 2.90 bits per heavy atom. The summed E-state index contributed by atoms with van der Waals surface area (Å²) in [5.74, 6) is 0.0521. The predicted molar refractivity (Wildman–Crippen MR) is 81.3 cm³/mol. The van der Waals surface area contributed by atoms with Gasteiger partial charge in [-0.15, -0.1) is 0 Å². The number of nitrogens with one attached hydrogen (secondary N) is 3. The molecule has 0 unspecified atom stereocenters. The van der Waals surface area contributed by atoms with Crippen molar-refractivity contribution in [3.8, 4) is 0 Å². The monoisotopic (exact) mass is 287 g/mol. The van der Waals surface area contributed by atoms with Crippen LogP contribution in [0.2, 0.25) is 0 Å². The highest BCUT2D eigenvalue weighted by atomic mass is 16.2. The summed E-state index contributed by atoms with van der Waals surface area (Å²) in [5.41, 5.74) is 3.11. The van der Waals surface area contributed by atoms with Crippen LogP contribution in [0, 0.1) is 0 Å². The van der Waals surface area contributed by atoms with Gasteiger partial charge in [-0.1, -0.05) is 25.0 Å². The van der Waals surface area contributed by atoms with Gasteiger partial charge in [-0.2, -0.15) is 0 Å². The molecule has 0 atom stereocenters. The molecule has 1 aromatic carbocycles. The first-order valence-corrected chi connectivity index (χ1v) is 7.67. The fourth-order valence-corrected chi connectivity index (χ4v) is 3.07. The first-order valence-electron chi connectivity index (χ1n) is 7.67. The average Bonchev–Trinajstić information content (AvgIpc) is 3.06. The highest BCUT2D eigenvalue weighted by Gasteiger charge is 2.18. The zero-order valence-electron chi connectivity index (χ0n) is 12.1. The van der Waals surface area contributed by atoms with Crippen LogP contribution in [0.25, 0.3) is 0 Å². The third-order valence-corrected chi connectivity index (χ3v) is 4.18. The van der Waals surface area contributed by atoms with E-state index in [0.717, 1.165) is 36.1 Å². The van der Waals surface area contributed by atoms with E-state index in [1.54, 1.807) is 0 Å². The molecule has 3 N–H and O–H groups in total. The van der Waals surface area contributed by atoms with Crippen molar-refractivity contribution >= 4 is 17.6 Å². The number of amides is 3. The molecule has 112 valence electrons. The van der Waals surface area contributed by atoms with Gasteiger partial charge >= 0.3 is 6.03 Å². The molecule has 3 amide bonds. The van der Waals surface area contributed by atoms with Crippen LogP contribution >= 0.6 is 0 Å². The van der Waals surface area contributed by atoms with Crippen LogP contribution in [0.15, 0.2) is 18.2 Å². The molecule has 5 heteroatoms. The number of carbonyl (C=O) groups excluding carboxylic acids is 2. The third kappa shape index (κ3) is 3.54. The fraction of sp³-hybridized carbons (Fsp3) is 0.500. The largest absolute Gasteiger partial charge is 0.338 e. The lowest BCUT2D eigenvalue weighted by atomic mass is 10.1. The molecular formula is C16H21N3O2. The van der Waals surface area contributed by atoms with Gasteiger partial charge in [0.05, 0.1) is 6.42 Å². The van der Waals surface area contributed by atoms with Crippen LogP contribution in [0.5, 0.6) is 0 Å². The quantitative estimate of drug-likeness (QED) is 0.792. The van der Waals surface area contributed by atoms with Crippen molar-refractivity contribution in [2.45, 2.75) is 44.6 Å². The van der Waals surface area contributed by atoms with Gasteiger partial charge in [0.25, 0.3) is 0 Å². The molecule has 3 rings (SSSR count). The van der Waals surface area contributed by atoms with E-state index in [9.17, 15) is 9.59 Å². The van der Waals surface area contributed by atoms with Crippen molar-refractivity contribution in [1.29, 1.82) is 0 Å². The summed E-state index contributed by atoms with van der Waals surface area (Å²) in [6, 6.07) is 6.26. The second kappa shape index (κ2) is 6.16. The van der Waals surface area contributed by atoms with Gasteiger partial charge in [0, 0.05) is 18.3 Å². The number of anilines is 1. The lowest BCUT2D eigenvalue weighted by Crippen LogP contribution is -2.41. The Balaban J connectivity index is 1.44. The smallest absolute Gasteiger partial charge is 0.315 e. The number of rotatable bonds is 4. The summed E-state index contributed by atoms with van der Waals surface area (Å²) < 4.78 is 0. The SMILES string of the molecule is O=C1Cc2cc(CCNC(=O)NC3CCCC3)ccc2N1. The third-order valence-electron chi connectivity index (χ3n) is 4.18. The Morgan fingerprint density at radius 1 is 1.29 bits per heavy atom. The molecule has 1 aromatic rings. The molecular weight excluding hydrogens is 266 g/mol. The minimum Gasteiger partial charge on any atom is -0.338 e. The van der Waals surface area contributed by atoms with Crippen LogP contribution in [-0.2, 0) is 17.6 Å². The minimum absolute atomic E-state index is 0.0521. The molecule has 2 aliphatic rings. The Morgan fingerprint density at radius 2 is 2.10 bits per heavy atom. The van der Waals surface area contributed by atoms with E-state index in [2.05, 4.69) is 16.0 Å². The fourth-order valence-electron chi connectivity index (χ4n) is 3.07. The summed E-state index contributed by atoms with van der Waals surface area (Å²) >= 11 is 0. The van der Waals surface area contributed by atoms with Crippen molar-refractivity contribution < 1.29 is 9.59 Å². The normalized spacial score (nSPS) is 17.4. The van der Waals surface area contributed by atoms with Crippen molar-refractivity contribution in [3.05, 3.63) is 29.3 Å². The summed E-state index contributed by atoms with van der Waals surface area (Å²) in [6.45, 7) is 0.610. The Kier molecular flexibility index (Phi) is 4.08. The Hall–Kier alpha value is -2.04. The summed E-state index contributed by atoms with van der Waals surface area (Å²) in [7, 11) is 0. The van der Waals surface area contributed by atoms with Crippen molar-refractivity contribution in [1.82, 2.24) is 10.6 Å². The van der Waals surface area contributed by atoms with Gasteiger partial charge in [-0.3, -0.25) is 4.79 Å². The molecule has 21 heavy (non-hydrogen) atoms. The van der Waals surface area contributed by atoms with E-state index in [1.165, 1.54) is 12.8 Å². The van der Waals surface area contributed by atoms with Crippen LogP contribution < -0.4 is 16.0 Å². The predicted octanol–water partition coefficient (Wildman–Crippen LogP) is 1.97. The summed E-state index contributed by atoms with van der Waals surface area (Å²) in [4.78, 5) is 23.0. The number of fused-ring (bicyclic) bond motifs is 1. The number of benzene rings is 1. The highest BCUT2D eigenvalue weighted by Crippen LogP contribution is 2.23. The van der Waals surface area contributed by atoms with Crippen molar-refractivity contribution in [3.63, 3.8) is 0 Å². The van der Waals surface area contributed by atoms with Crippen molar-refractivity contribution in [2.75, 3.05) is 11.9 Å². The van der Waals surface area contributed by atoms with E-state index in [4.69, 9.17) is 0 Å². The molecule has 1 aliphatic carbocycles. The van der Waals surface area contributed by atoms with Crippen LogP contribution in [0.1, 0.15) is 36.8 Å². The first kappa shape index (κ1) is 13.9. The van der Waals surface area contributed by atoms with Crippen molar-refractivity contribution in [2.24, 2.45) is 0 Å². The standard InChI is InChI=1S/C16H21N3O2/c20-15-10-12-9-11(5-6-14(12)19-15)7-8-17-16(21)18-13-3-1-2-4-13/h5-6,9,13H,1-4,7-8,10H2,(H,19,20)(H2,17,18,21). The second-order valence-corrected chi connectivity index (χ2v) is 5.85. The van der Waals surface area contributed by atoms with E-state index in [1.807, 2.05) is 18.2 Å². The average molecular weight is 287 g/mol. The van der Waals surface area contributed by atoms with Gasteiger partial charge in [-0.25, -0.2) is 4.79 Å². The van der Waals surface area contributed by atoms with Gasteiger partial charge in [0.15, 0.2) is 0 Å². The van der Waals surface area contributed by atoms with Crippen LogP contribution in [0.4, 0.5) is 10.5 Å². The lowest BCUT2D eigenvalue weighted by molar-refractivity contribution is -0.115. The minimum atomic E-state index is -0.0695. The molecule has 1 fully saturated rings. The Bertz CT molecular complexity index is 550. The van der Waals surface area contributed by atoms with E-state index in [0.29, 0.717) is 19.0 Å². The number of hydrogen-bond donors (Lipinski definition) is 3. The van der Waals surface area contributed by atoms with E-state index in [-0.39, 0.29) is 11.9 Å². The van der Waals surface area contributed by atoms with Crippen LogP contribution in [0.3, 0.4) is 0 Å².